The maximum atomic E-state index is 13.7. The molecule has 0 bridgehead atoms. The third kappa shape index (κ3) is 3.47. The highest BCUT2D eigenvalue weighted by Crippen LogP contribution is 2.35. The average molecular weight is 403 g/mol. The number of H-pyrrole nitrogens is 1. The van der Waals surface area contributed by atoms with Gasteiger partial charge in [-0.1, -0.05) is 29.8 Å². The van der Waals surface area contributed by atoms with E-state index in [0.29, 0.717) is 6.04 Å². The summed E-state index contributed by atoms with van der Waals surface area (Å²) in [6, 6.07) is 11.4. The molecule has 1 aromatic carbocycles. The summed E-state index contributed by atoms with van der Waals surface area (Å²) in [7, 11) is 0. The molecule has 30 heavy (non-hydrogen) atoms. The zero-order valence-corrected chi connectivity index (χ0v) is 18.1. The monoisotopic (exact) mass is 402 g/mol. The van der Waals surface area contributed by atoms with E-state index < -0.39 is 0 Å². The van der Waals surface area contributed by atoms with Crippen molar-refractivity contribution in [2.24, 2.45) is 0 Å². The first-order valence-electron chi connectivity index (χ1n) is 11.1. The van der Waals surface area contributed by atoms with Crippen LogP contribution in [0.1, 0.15) is 63.4 Å². The molecule has 1 N–H and O–H groups in total. The molecule has 0 aliphatic heterocycles. The Morgan fingerprint density at radius 1 is 1.13 bits per heavy atom. The molecule has 5 heteroatoms. The van der Waals surface area contributed by atoms with Crippen LogP contribution in [0.2, 0.25) is 0 Å². The van der Waals surface area contributed by atoms with Crippen LogP contribution in [-0.2, 0) is 19.4 Å². The summed E-state index contributed by atoms with van der Waals surface area (Å²) in [6.07, 6.45) is 7.09. The van der Waals surface area contributed by atoms with Gasteiger partial charge in [-0.3, -0.25) is 9.89 Å². The van der Waals surface area contributed by atoms with Crippen molar-refractivity contribution in [2.75, 3.05) is 0 Å². The van der Waals surface area contributed by atoms with Gasteiger partial charge in [-0.05, 0) is 70.1 Å². The molecule has 5 rings (SSSR count). The number of carbonyl (C=O) groups excluding carboxylic acids is 1. The van der Waals surface area contributed by atoms with Crippen LogP contribution in [0.4, 0.5) is 0 Å². The van der Waals surface area contributed by atoms with Crippen LogP contribution in [0.25, 0.3) is 0 Å². The molecule has 156 valence electrons. The van der Waals surface area contributed by atoms with Crippen molar-refractivity contribution in [1.29, 1.82) is 0 Å². The molecule has 2 heterocycles. The van der Waals surface area contributed by atoms with Crippen LogP contribution < -0.4 is 0 Å². The van der Waals surface area contributed by atoms with Crippen molar-refractivity contribution in [1.82, 2.24) is 19.7 Å². The van der Waals surface area contributed by atoms with Crippen LogP contribution in [-0.4, -0.2) is 37.7 Å². The van der Waals surface area contributed by atoms with Crippen molar-refractivity contribution in [3.05, 3.63) is 75.9 Å². The molecule has 0 spiro atoms. The van der Waals surface area contributed by atoms with E-state index in [4.69, 9.17) is 0 Å². The molecule has 0 saturated heterocycles. The highest BCUT2D eigenvalue weighted by atomic mass is 16.2. The summed E-state index contributed by atoms with van der Waals surface area (Å²) in [5, 5.41) is 7.32. The number of aryl methyl sites for hydroxylation is 3. The molecule has 1 atom stereocenters. The first-order valence-corrected chi connectivity index (χ1v) is 11.1. The predicted octanol–water partition coefficient (Wildman–Crippen LogP) is 4.35. The zero-order chi connectivity index (χ0) is 20.8. The van der Waals surface area contributed by atoms with Gasteiger partial charge in [0.1, 0.15) is 0 Å². The molecule has 2 aromatic heterocycles. The van der Waals surface area contributed by atoms with E-state index in [0.717, 1.165) is 55.6 Å². The summed E-state index contributed by atoms with van der Waals surface area (Å²) in [5.74, 6) is 0.206. The highest BCUT2D eigenvalue weighted by molar-refractivity contribution is 5.96. The first kappa shape index (κ1) is 19.2. The van der Waals surface area contributed by atoms with Gasteiger partial charge in [0, 0.05) is 35.7 Å². The quantitative estimate of drug-likeness (QED) is 0.690. The number of nitrogens with one attached hydrogen (secondary N) is 1. The van der Waals surface area contributed by atoms with E-state index in [9.17, 15) is 4.79 Å². The maximum Gasteiger partial charge on any atom is 0.256 e. The Balaban J connectivity index is 1.41. The number of fused-ring (bicyclic) bond motifs is 1. The van der Waals surface area contributed by atoms with Gasteiger partial charge in [0.15, 0.2) is 0 Å². The Labute approximate surface area is 178 Å². The number of hydrogen-bond donors (Lipinski definition) is 1. The van der Waals surface area contributed by atoms with Crippen LogP contribution in [0, 0.1) is 20.8 Å². The number of amides is 1. The lowest BCUT2D eigenvalue weighted by molar-refractivity contribution is 0.0642. The molecule has 0 radical (unpaired) electrons. The minimum atomic E-state index is 0.206. The van der Waals surface area contributed by atoms with E-state index in [-0.39, 0.29) is 11.9 Å². The third-order valence-electron chi connectivity index (χ3n) is 6.82. The number of rotatable bonds is 5. The van der Waals surface area contributed by atoms with Gasteiger partial charge in [-0.25, -0.2) is 0 Å². The Kier molecular flexibility index (Phi) is 4.76. The van der Waals surface area contributed by atoms with Gasteiger partial charge in [0.05, 0.1) is 11.8 Å². The van der Waals surface area contributed by atoms with Gasteiger partial charge < -0.3 is 9.47 Å². The van der Waals surface area contributed by atoms with Gasteiger partial charge in [-0.2, -0.15) is 5.10 Å². The normalized spacial score (nSPS) is 18.3. The lowest BCUT2D eigenvalue weighted by Gasteiger charge is -2.34. The second-order valence-electron chi connectivity index (χ2n) is 9.07. The van der Waals surface area contributed by atoms with E-state index in [1.165, 1.54) is 22.4 Å². The van der Waals surface area contributed by atoms with Crippen molar-refractivity contribution < 1.29 is 4.79 Å². The lowest BCUT2D eigenvalue weighted by Crippen LogP contribution is -2.45. The van der Waals surface area contributed by atoms with E-state index in [1.54, 1.807) is 0 Å². The van der Waals surface area contributed by atoms with E-state index in [2.05, 4.69) is 70.8 Å². The average Bonchev–Trinajstić information content (AvgIpc) is 3.38. The number of aromatic nitrogens is 3. The Morgan fingerprint density at radius 2 is 1.90 bits per heavy atom. The Bertz CT molecular complexity index is 1070. The van der Waals surface area contributed by atoms with Gasteiger partial charge in [0.2, 0.25) is 0 Å². The fraction of sp³-hybridized carbons (Fsp3) is 0.440. The van der Waals surface area contributed by atoms with Crippen LogP contribution in [0.15, 0.2) is 36.5 Å². The summed E-state index contributed by atoms with van der Waals surface area (Å²) in [6.45, 7) is 7.11. The molecule has 2 aliphatic rings. The van der Waals surface area contributed by atoms with Crippen LogP contribution in [0.5, 0.6) is 0 Å². The molecule has 1 unspecified atom stereocenters. The second-order valence-corrected chi connectivity index (χ2v) is 9.07. The van der Waals surface area contributed by atoms with Crippen molar-refractivity contribution in [3.63, 3.8) is 0 Å². The zero-order valence-electron chi connectivity index (χ0n) is 18.1. The number of aromatic amines is 1. The maximum absolute atomic E-state index is 13.7. The molecule has 1 fully saturated rings. The van der Waals surface area contributed by atoms with Crippen LogP contribution in [0.3, 0.4) is 0 Å². The SMILES string of the molecule is Cc1ccc(Cn2c(C)cc(C(=O)N(C3CC3)C3CCc4[nH]ncc4C3)c2C)cc1. The molecule has 2 aliphatic carbocycles. The number of hydrogen-bond acceptors (Lipinski definition) is 2. The summed E-state index contributed by atoms with van der Waals surface area (Å²) < 4.78 is 2.28. The number of nitrogens with zero attached hydrogens (tertiary/aromatic N) is 3. The molecule has 3 aromatic rings. The van der Waals surface area contributed by atoms with Crippen molar-refractivity contribution in [2.45, 2.75) is 71.5 Å². The van der Waals surface area contributed by atoms with Gasteiger partial charge >= 0.3 is 0 Å². The predicted molar refractivity (Wildman–Crippen MR) is 118 cm³/mol. The molecular weight excluding hydrogens is 372 g/mol. The minimum absolute atomic E-state index is 0.206. The fourth-order valence-electron chi connectivity index (χ4n) is 4.89. The Hall–Kier alpha value is -2.82. The third-order valence-corrected chi connectivity index (χ3v) is 6.82. The second kappa shape index (κ2) is 7.46. The topological polar surface area (TPSA) is 53.9 Å². The van der Waals surface area contributed by atoms with Gasteiger partial charge in [0.25, 0.3) is 5.91 Å². The van der Waals surface area contributed by atoms with Gasteiger partial charge in [-0.15, -0.1) is 0 Å². The molecular formula is C25H30N4O. The summed E-state index contributed by atoms with van der Waals surface area (Å²) >= 11 is 0. The largest absolute Gasteiger partial charge is 0.344 e. The summed E-state index contributed by atoms with van der Waals surface area (Å²) in [5.41, 5.74) is 8.13. The van der Waals surface area contributed by atoms with E-state index in [1.807, 2.05) is 6.20 Å². The van der Waals surface area contributed by atoms with E-state index >= 15 is 0 Å². The summed E-state index contributed by atoms with van der Waals surface area (Å²) in [4.78, 5) is 16.0. The molecule has 5 nitrogen and oxygen atoms in total. The first-order chi connectivity index (χ1) is 14.5. The van der Waals surface area contributed by atoms with Crippen molar-refractivity contribution in [3.8, 4) is 0 Å². The highest BCUT2D eigenvalue weighted by Gasteiger charge is 2.40. The lowest BCUT2D eigenvalue weighted by atomic mass is 9.92. The molecule has 1 saturated carbocycles. The smallest absolute Gasteiger partial charge is 0.256 e. The minimum Gasteiger partial charge on any atom is -0.344 e. The Morgan fingerprint density at radius 3 is 2.63 bits per heavy atom. The number of carbonyl (C=O) groups is 1. The van der Waals surface area contributed by atoms with Crippen LogP contribution >= 0.6 is 0 Å². The van der Waals surface area contributed by atoms with Crippen molar-refractivity contribution >= 4 is 5.91 Å². The molecule has 1 amide bonds. The number of benzene rings is 1. The fourth-order valence-corrected chi connectivity index (χ4v) is 4.89. The standard InChI is InChI=1S/C25H30N4O/c1-16-4-6-19(7-5-16)15-28-17(2)12-23(18(28)3)25(30)29(21-8-9-21)22-10-11-24-20(13-22)14-26-27-24/h4-7,12,14,21-22H,8-11,13,15H2,1-3H3,(H,26,27).